The SMILES string of the molecule is CN[C@@H](C)C(=O)N[C@H](C(=O)N1C[C@@H](NC(=O)CCOCCC(=O)N2CC([C@@H](c3ccccc3)n3cc(NC(=O)c4n[nH]c5c4C[C@@H]4C(F)(F)[C@]4(C)C5)cn3)C2)C[C@H]1C(=O)NC1CCCc2ccccc21)C1CCCCC1. The number of benzene rings is 2. The first-order chi connectivity index (χ1) is 36.6. The molecule has 2 aliphatic heterocycles. The van der Waals surface area contributed by atoms with Gasteiger partial charge >= 0.3 is 0 Å². The molecule has 1 unspecified atom stereocenters. The summed E-state index contributed by atoms with van der Waals surface area (Å²) in [4.78, 5) is 85.9. The number of carbonyl (C=O) groups excluding carboxylic acids is 6. The van der Waals surface area contributed by atoms with Crippen LogP contribution in [0, 0.1) is 23.2 Å². The van der Waals surface area contributed by atoms with Crippen molar-refractivity contribution in [3.8, 4) is 0 Å². The van der Waals surface area contributed by atoms with E-state index in [2.05, 4.69) is 47.9 Å². The van der Waals surface area contributed by atoms with Gasteiger partial charge in [0, 0.05) is 73.2 Å². The normalized spacial score (nSPS) is 24.9. The number of hydrogen-bond acceptors (Lipinski definition) is 10. The largest absolute Gasteiger partial charge is 0.380 e. The van der Waals surface area contributed by atoms with Gasteiger partial charge in [0.2, 0.25) is 29.5 Å². The first kappa shape index (κ1) is 52.9. The highest BCUT2D eigenvalue weighted by molar-refractivity contribution is 6.04. The fraction of sp³-hybridized carbons (Fsp3) is 0.571. The second-order valence-electron chi connectivity index (χ2n) is 22.2. The maximum Gasteiger partial charge on any atom is 0.276 e. The van der Waals surface area contributed by atoms with E-state index in [1.54, 1.807) is 47.8 Å². The summed E-state index contributed by atoms with van der Waals surface area (Å²) in [6.07, 6.45) is 11.0. The zero-order chi connectivity index (χ0) is 53.3. The number of anilines is 1. The summed E-state index contributed by atoms with van der Waals surface area (Å²) in [5.74, 6) is -5.44. The number of aromatic amines is 1. The third-order valence-corrected chi connectivity index (χ3v) is 17.4. The number of rotatable bonds is 19. The van der Waals surface area contributed by atoms with Crippen LogP contribution in [0.1, 0.15) is 129 Å². The Morgan fingerprint density at radius 1 is 0.895 bits per heavy atom. The number of aromatic nitrogens is 4. The Labute approximate surface area is 441 Å². The first-order valence-electron chi connectivity index (χ1n) is 27.3. The van der Waals surface area contributed by atoms with E-state index >= 15 is 0 Å². The molecule has 4 aliphatic carbocycles. The van der Waals surface area contributed by atoms with Crippen molar-refractivity contribution in [2.45, 2.75) is 139 Å². The van der Waals surface area contributed by atoms with Crippen LogP contribution in [0.15, 0.2) is 67.0 Å². The Bertz CT molecular complexity index is 2790. The monoisotopic (exact) mass is 1050 g/mol. The average Bonchev–Trinajstić information content (AvgIpc) is 4.19. The number of amides is 6. The molecule has 0 spiro atoms. The van der Waals surface area contributed by atoms with Crippen LogP contribution >= 0.6 is 0 Å². The van der Waals surface area contributed by atoms with Crippen molar-refractivity contribution in [2.75, 3.05) is 45.2 Å². The molecule has 4 aromatic rings. The van der Waals surface area contributed by atoms with Crippen molar-refractivity contribution in [2.24, 2.45) is 23.2 Å². The number of likely N-dealkylation sites (tertiary alicyclic amines) is 2. The van der Waals surface area contributed by atoms with Gasteiger partial charge in [0.15, 0.2) is 5.69 Å². The Morgan fingerprint density at radius 3 is 2.42 bits per heavy atom. The zero-order valence-electron chi connectivity index (χ0n) is 43.6. The molecule has 0 bridgehead atoms. The van der Waals surface area contributed by atoms with Crippen LogP contribution in [0.5, 0.6) is 0 Å². The number of H-pyrrole nitrogens is 1. The molecule has 6 N–H and O–H groups in total. The molecular formula is C56H71F2N11O7. The third kappa shape index (κ3) is 10.8. The van der Waals surface area contributed by atoms with Crippen LogP contribution in [0.3, 0.4) is 0 Å². The molecule has 0 radical (unpaired) electrons. The molecule has 6 amide bonds. The number of likely N-dealkylation sites (N-methyl/N-ethyl adjacent to an activating group) is 1. The van der Waals surface area contributed by atoms with Gasteiger partial charge in [-0.2, -0.15) is 10.2 Å². The number of nitrogens with zero attached hydrogens (tertiary/aromatic N) is 5. The van der Waals surface area contributed by atoms with Gasteiger partial charge in [-0.15, -0.1) is 0 Å². The summed E-state index contributed by atoms with van der Waals surface area (Å²) >= 11 is 0. The maximum absolute atomic E-state index is 14.7. The highest BCUT2D eigenvalue weighted by atomic mass is 19.3. The minimum Gasteiger partial charge on any atom is -0.380 e. The number of nitrogens with one attached hydrogen (secondary N) is 6. The molecule has 10 rings (SSSR count). The van der Waals surface area contributed by atoms with Crippen molar-refractivity contribution in [1.82, 2.24) is 51.0 Å². The van der Waals surface area contributed by atoms with Crippen LogP contribution in [0.2, 0.25) is 0 Å². The average molecular weight is 1050 g/mol. The molecule has 18 nitrogen and oxygen atoms in total. The molecule has 2 aromatic carbocycles. The van der Waals surface area contributed by atoms with Crippen LogP contribution in [-0.4, -0.2) is 135 Å². The van der Waals surface area contributed by atoms with Gasteiger partial charge < -0.3 is 41.1 Å². The van der Waals surface area contributed by atoms with Gasteiger partial charge in [-0.3, -0.25) is 38.5 Å². The minimum atomic E-state index is -2.78. The van der Waals surface area contributed by atoms with E-state index < -0.39 is 47.3 Å². The van der Waals surface area contributed by atoms with E-state index in [4.69, 9.17) is 4.74 Å². The van der Waals surface area contributed by atoms with Gasteiger partial charge in [0.25, 0.3) is 11.8 Å². The van der Waals surface area contributed by atoms with Crippen LogP contribution < -0.4 is 26.6 Å². The Balaban J connectivity index is 0.709. The molecule has 4 heterocycles. The van der Waals surface area contributed by atoms with Gasteiger partial charge in [-0.25, -0.2) is 8.78 Å². The van der Waals surface area contributed by atoms with Crippen LogP contribution in [0.4, 0.5) is 14.5 Å². The third-order valence-electron chi connectivity index (χ3n) is 17.4. The fourth-order valence-corrected chi connectivity index (χ4v) is 12.7. The van der Waals surface area contributed by atoms with Crippen molar-refractivity contribution in [1.29, 1.82) is 0 Å². The van der Waals surface area contributed by atoms with E-state index in [-0.39, 0.29) is 111 Å². The second kappa shape index (κ2) is 22.2. The van der Waals surface area contributed by atoms with Crippen molar-refractivity contribution in [3.63, 3.8) is 0 Å². The zero-order valence-corrected chi connectivity index (χ0v) is 43.6. The number of hydrogen-bond donors (Lipinski definition) is 6. The Hall–Kier alpha value is -6.54. The molecule has 2 saturated heterocycles. The molecule has 2 saturated carbocycles. The standard InChI is InChI=1S/C56H71F2N11O7/c1-33(59-3)51(72)64-48(35-14-6-4-7-15-35)54(75)68-31-38(25-44(68)52(73)63-42-20-12-18-34-13-10-11-19-40(34)42)61-46(70)21-23-76-24-22-47(71)67-29-37(30-67)50(36-16-8-5-9-17-36)69-32-39(28-60-69)62-53(74)49-41-26-45-55(2,56(45,57)58)27-43(41)65-66-49/h5,8-11,13,16-17,19,28,32-33,35,37-38,42,44-45,48,50,59H,4,6-7,12,14-15,18,20-27,29-31H2,1-3H3,(H,61,70)(H,62,74)(H,63,73)(H,64,72)(H,65,66)/t33-,38-,42?,44-,45-,48-,50+,55+/m0/s1. The van der Waals surface area contributed by atoms with Crippen LogP contribution in [0.25, 0.3) is 0 Å². The van der Waals surface area contributed by atoms with Gasteiger partial charge in [-0.1, -0.05) is 80.8 Å². The van der Waals surface area contributed by atoms with E-state index in [0.29, 0.717) is 30.0 Å². The number of alkyl halides is 2. The van der Waals surface area contributed by atoms with E-state index in [1.165, 1.54) is 5.56 Å². The topological polar surface area (TPSA) is 225 Å². The quantitative estimate of drug-likeness (QED) is 0.0688. The summed E-state index contributed by atoms with van der Waals surface area (Å²) in [5.41, 5.74) is 3.78. The number of ether oxygens (including phenoxy) is 1. The summed E-state index contributed by atoms with van der Waals surface area (Å²) in [7, 11) is 1.69. The lowest BCUT2D eigenvalue weighted by atomic mass is 9.83. The fourth-order valence-electron chi connectivity index (χ4n) is 12.7. The van der Waals surface area contributed by atoms with Crippen LogP contribution in [-0.2, 0) is 48.0 Å². The molecule has 4 fully saturated rings. The number of halogens is 2. The number of fused-ring (bicyclic) bond motifs is 3. The number of aryl methyl sites for hydroxylation is 1. The molecule has 76 heavy (non-hydrogen) atoms. The Morgan fingerprint density at radius 2 is 1.64 bits per heavy atom. The summed E-state index contributed by atoms with van der Waals surface area (Å²) in [6.45, 7) is 4.53. The lowest BCUT2D eigenvalue weighted by molar-refractivity contribution is -0.143. The minimum absolute atomic E-state index is 0.00251. The van der Waals surface area contributed by atoms with E-state index in [0.717, 1.165) is 62.5 Å². The molecular weight excluding hydrogens is 977 g/mol. The molecule has 406 valence electrons. The molecule has 2 aromatic heterocycles. The van der Waals surface area contributed by atoms with Gasteiger partial charge in [-0.05, 0) is 81.5 Å². The van der Waals surface area contributed by atoms with E-state index in [1.807, 2.05) is 48.5 Å². The predicted octanol–water partition coefficient (Wildman–Crippen LogP) is 5.03. The van der Waals surface area contributed by atoms with Crippen molar-refractivity contribution >= 4 is 41.1 Å². The highest BCUT2D eigenvalue weighted by Gasteiger charge is 2.78. The van der Waals surface area contributed by atoms with E-state index in [9.17, 15) is 37.5 Å². The second-order valence-corrected chi connectivity index (χ2v) is 22.2. The summed E-state index contributed by atoms with van der Waals surface area (Å²) in [6, 6.07) is 14.7. The van der Waals surface area contributed by atoms with Gasteiger partial charge in [0.1, 0.15) is 12.1 Å². The molecule has 6 aliphatic rings. The lowest BCUT2D eigenvalue weighted by Gasteiger charge is -2.43. The summed E-state index contributed by atoms with van der Waals surface area (Å²) in [5, 5.41) is 26.8. The first-order valence-corrected chi connectivity index (χ1v) is 27.3. The predicted molar refractivity (Wildman–Crippen MR) is 277 cm³/mol. The van der Waals surface area contributed by atoms with Crippen molar-refractivity contribution in [3.05, 3.63) is 101 Å². The highest BCUT2D eigenvalue weighted by Crippen LogP contribution is 2.70. The lowest BCUT2D eigenvalue weighted by Crippen LogP contribution is -2.58. The maximum atomic E-state index is 14.7. The van der Waals surface area contributed by atoms with Crippen molar-refractivity contribution < 1.29 is 42.3 Å². The molecule has 20 heteroatoms. The van der Waals surface area contributed by atoms with Gasteiger partial charge in [0.05, 0.1) is 49.6 Å². The summed E-state index contributed by atoms with van der Waals surface area (Å²) < 4.78 is 36.7. The molecule has 8 atom stereocenters. The smallest absolute Gasteiger partial charge is 0.276 e. The Kier molecular flexibility index (Phi) is 15.4. The number of carbonyl (C=O) groups is 6.